The molecule has 164 valence electrons. The van der Waals surface area contributed by atoms with Gasteiger partial charge in [0.25, 0.3) is 5.91 Å². The van der Waals surface area contributed by atoms with Crippen LogP contribution in [0.2, 0.25) is 0 Å². The highest BCUT2D eigenvalue weighted by Gasteiger charge is 2.30. The van der Waals surface area contributed by atoms with E-state index in [1.54, 1.807) is 18.0 Å². The molecule has 3 aromatic heterocycles. The average Bonchev–Trinajstić information content (AvgIpc) is 3.50. The molecule has 0 aliphatic heterocycles. The number of aromatic nitrogens is 5. The van der Waals surface area contributed by atoms with Gasteiger partial charge in [-0.15, -0.1) is 0 Å². The van der Waals surface area contributed by atoms with Crippen molar-refractivity contribution in [2.24, 2.45) is 14.1 Å². The van der Waals surface area contributed by atoms with Crippen molar-refractivity contribution in [2.45, 2.75) is 31.7 Å². The van der Waals surface area contributed by atoms with Gasteiger partial charge in [-0.25, -0.2) is 9.97 Å². The van der Waals surface area contributed by atoms with Gasteiger partial charge in [0.2, 0.25) is 0 Å². The van der Waals surface area contributed by atoms with Crippen molar-refractivity contribution in [1.29, 1.82) is 0 Å². The van der Waals surface area contributed by atoms with E-state index in [0.717, 1.165) is 52.4 Å². The summed E-state index contributed by atoms with van der Waals surface area (Å²) in [6.45, 7) is 1.91. The Morgan fingerprint density at radius 1 is 1.25 bits per heavy atom. The van der Waals surface area contributed by atoms with Crippen molar-refractivity contribution < 1.29 is 9.53 Å². The fourth-order valence-electron chi connectivity index (χ4n) is 4.21. The lowest BCUT2D eigenvalue weighted by Gasteiger charge is -2.20. The first-order valence-electron chi connectivity index (χ1n) is 10.7. The summed E-state index contributed by atoms with van der Waals surface area (Å²) in [6.07, 6.45) is 5.82. The summed E-state index contributed by atoms with van der Waals surface area (Å²) in [5.74, 6) is 1.71. The summed E-state index contributed by atoms with van der Waals surface area (Å²) in [7, 11) is 5.42. The van der Waals surface area contributed by atoms with E-state index >= 15 is 0 Å². The van der Waals surface area contributed by atoms with Crippen molar-refractivity contribution >= 4 is 16.9 Å². The van der Waals surface area contributed by atoms with E-state index in [1.807, 2.05) is 62.1 Å². The number of imidazole rings is 1. The number of fused-ring (bicyclic) bond motifs is 1. The van der Waals surface area contributed by atoms with Crippen molar-refractivity contribution in [3.63, 3.8) is 0 Å². The van der Waals surface area contributed by atoms with Crippen LogP contribution >= 0.6 is 0 Å². The van der Waals surface area contributed by atoms with Crippen LogP contribution in [0, 0.1) is 6.92 Å². The molecule has 0 radical (unpaired) electrons. The lowest BCUT2D eigenvalue weighted by Crippen LogP contribution is -2.31. The second kappa shape index (κ2) is 7.78. The molecule has 1 aliphatic rings. The van der Waals surface area contributed by atoms with E-state index in [4.69, 9.17) is 9.72 Å². The van der Waals surface area contributed by atoms with E-state index in [9.17, 15) is 4.79 Å². The number of aryl methyl sites for hydroxylation is 3. The van der Waals surface area contributed by atoms with Crippen LogP contribution in [0.3, 0.4) is 0 Å². The molecule has 5 rings (SSSR count). The number of nitrogens with zero attached hydrogens (tertiary/aromatic N) is 5. The van der Waals surface area contributed by atoms with Crippen LogP contribution < -0.4 is 10.1 Å². The number of hydrogen-bond acceptors (Lipinski definition) is 5. The maximum absolute atomic E-state index is 13.7. The molecule has 1 aromatic carbocycles. The zero-order valence-electron chi connectivity index (χ0n) is 18.7. The minimum Gasteiger partial charge on any atom is -0.497 e. The molecular weight excluding hydrogens is 404 g/mol. The molecule has 8 heteroatoms. The lowest BCUT2D eigenvalue weighted by atomic mass is 10.0. The molecule has 0 bridgehead atoms. The number of carbonyl (C=O) groups excluding carboxylic acids is 1. The number of carbonyl (C=O) groups is 1. The summed E-state index contributed by atoms with van der Waals surface area (Å²) in [6, 6.07) is 9.18. The van der Waals surface area contributed by atoms with Gasteiger partial charge in [-0.2, -0.15) is 5.10 Å². The molecular formula is C24H26N6O2. The Labute approximate surface area is 186 Å². The molecule has 1 atom stereocenters. The van der Waals surface area contributed by atoms with Crippen LogP contribution in [0.1, 0.15) is 57.9 Å². The SMILES string of the molecule is COc1cccc(C(NC(=O)c2cc(C3CC3)nc3c2c(C)nn3C)c2nccn2C)c1. The van der Waals surface area contributed by atoms with Crippen molar-refractivity contribution in [3.8, 4) is 5.75 Å². The third-order valence-electron chi connectivity index (χ3n) is 6.05. The lowest BCUT2D eigenvalue weighted by molar-refractivity contribution is 0.0942. The Morgan fingerprint density at radius 2 is 2.06 bits per heavy atom. The van der Waals surface area contributed by atoms with Crippen LogP contribution in [0.15, 0.2) is 42.7 Å². The molecule has 32 heavy (non-hydrogen) atoms. The maximum Gasteiger partial charge on any atom is 0.253 e. The summed E-state index contributed by atoms with van der Waals surface area (Å²) in [4.78, 5) is 23.0. The standard InChI is InChI=1S/C24H26N6O2/c1-14-20-18(13-19(15-8-9-15)26-22(20)30(3)28-14)24(31)27-21(23-25-10-11-29(23)2)16-6-5-7-17(12-16)32-4/h5-7,10-13,15,21H,8-9H2,1-4H3,(H,27,31). The fraction of sp³-hybridized carbons (Fsp3) is 0.333. The van der Waals surface area contributed by atoms with Gasteiger partial charge in [-0.1, -0.05) is 12.1 Å². The summed E-state index contributed by atoms with van der Waals surface area (Å²) >= 11 is 0. The highest BCUT2D eigenvalue weighted by molar-refractivity contribution is 6.06. The van der Waals surface area contributed by atoms with E-state index in [0.29, 0.717) is 11.5 Å². The predicted octanol–water partition coefficient (Wildman–Crippen LogP) is 3.42. The van der Waals surface area contributed by atoms with Gasteiger partial charge in [0.1, 0.15) is 17.6 Å². The molecule has 1 N–H and O–H groups in total. The van der Waals surface area contributed by atoms with Crippen LogP contribution in [0.4, 0.5) is 0 Å². The second-order valence-corrected chi connectivity index (χ2v) is 8.36. The zero-order valence-corrected chi connectivity index (χ0v) is 18.7. The van der Waals surface area contributed by atoms with Gasteiger partial charge in [0, 0.05) is 38.1 Å². The van der Waals surface area contributed by atoms with Gasteiger partial charge in [0.05, 0.1) is 23.8 Å². The maximum atomic E-state index is 13.7. The summed E-state index contributed by atoms with van der Waals surface area (Å²) in [5.41, 5.74) is 3.98. The molecule has 1 fully saturated rings. The summed E-state index contributed by atoms with van der Waals surface area (Å²) < 4.78 is 9.08. The van der Waals surface area contributed by atoms with Gasteiger partial charge in [-0.05, 0) is 43.5 Å². The first-order valence-corrected chi connectivity index (χ1v) is 10.7. The van der Waals surface area contributed by atoms with Gasteiger partial charge >= 0.3 is 0 Å². The van der Waals surface area contributed by atoms with Gasteiger partial charge in [0.15, 0.2) is 5.65 Å². The van der Waals surface area contributed by atoms with Crippen LogP contribution in [0.25, 0.3) is 11.0 Å². The molecule has 1 aliphatic carbocycles. The Bertz CT molecular complexity index is 1320. The van der Waals surface area contributed by atoms with Gasteiger partial charge in [-0.3, -0.25) is 9.48 Å². The van der Waals surface area contributed by atoms with E-state index in [1.165, 1.54) is 0 Å². The fourth-order valence-corrected chi connectivity index (χ4v) is 4.21. The molecule has 1 unspecified atom stereocenters. The number of pyridine rings is 1. The van der Waals surface area contributed by atoms with Crippen molar-refractivity contribution in [2.75, 3.05) is 7.11 Å². The number of ether oxygens (including phenoxy) is 1. The zero-order chi connectivity index (χ0) is 22.4. The average molecular weight is 431 g/mol. The van der Waals surface area contributed by atoms with E-state index < -0.39 is 6.04 Å². The minimum absolute atomic E-state index is 0.175. The number of benzene rings is 1. The third-order valence-corrected chi connectivity index (χ3v) is 6.05. The Balaban J connectivity index is 1.60. The second-order valence-electron chi connectivity index (χ2n) is 8.36. The number of rotatable bonds is 6. The number of amides is 1. The Morgan fingerprint density at radius 3 is 2.75 bits per heavy atom. The summed E-state index contributed by atoms with van der Waals surface area (Å²) in [5, 5.41) is 8.53. The first-order chi connectivity index (χ1) is 15.5. The van der Waals surface area contributed by atoms with Crippen LogP contribution in [-0.4, -0.2) is 37.3 Å². The number of nitrogens with one attached hydrogen (secondary N) is 1. The van der Waals surface area contributed by atoms with Crippen LogP contribution in [-0.2, 0) is 14.1 Å². The molecule has 1 saturated carbocycles. The molecule has 3 heterocycles. The normalized spacial score (nSPS) is 14.5. The molecule has 0 saturated heterocycles. The smallest absolute Gasteiger partial charge is 0.253 e. The number of methoxy groups -OCH3 is 1. The molecule has 4 aromatic rings. The monoisotopic (exact) mass is 430 g/mol. The topological polar surface area (TPSA) is 86.9 Å². The highest BCUT2D eigenvalue weighted by Crippen LogP contribution is 2.40. The third kappa shape index (κ3) is 3.51. The minimum atomic E-state index is -0.442. The predicted molar refractivity (Wildman–Crippen MR) is 121 cm³/mol. The molecule has 0 spiro atoms. The molecule has 1 amide bonds. The van der Waals surface area contributed by atoms with Crippen LogP contribution in [0.5, 0.6) is 5.75 Å². The van der Waals surface area contributed by atoms with Gasteiger partial charge < -0.3 is 14.6 Å². The quantitative estimate of drug-likeness (QED) is 0.507. The highest BCUT2D eigenvalue weighted by atomic mass is 16.5. The van der Waals surface area contributed by atoms with E-state index in [2.05, 4.69) is 15.4 Å². The first kappa shape index (κ1) is 20.2. The van der Waals surface area contributed by atoms with Crippen molar-refractivity contribution in [3.05, 3.63) is 71.1 Å². The molecule has 8 nitrogen and oxygen atoms in total. The Hall–Kier alpha value is -3.68. The largest absolute Gasteiger partial charge is 0.497 e. The van der Waals surface area contributed by atoms with Crippen molar-refractivity contribution in [1.82, 2.24) is 29.6 Å². The number of hydrogen-bond donors (Lipinski definition) is 1. The van der Waals surface area contributed by atoms with E-state index in [-0.39, 0.29) is 5.91 Å². The Kier molecular flexibility index (Phi) is 4.92.